The fraction of sp³-hybridized carbons (Fsp3) is 0.273. The second-order valence-corrected chi connectivity index (χ2v) is 3.87. The van der Waals surface area contributed by atoms with Crippen LogP contribution in [0, 0.1) is 0 Å². The zero-order chi connectivity index (χ0) is 10.3. The van der Waals surface area contributed by atoms with Crippen LogP contribution >= 0.6 is 0 Å². The Balaban J connectivity index is 2.15. The van der Waals surface area contributed by atoms with E-state index in [-0.39, 0.29) is 5.54 Å². The number of isocyanates is 1. The van der Waals surface area contributed by atoms with Crippen molar-refractivity contribution < 1.29 is 4.79 Å². The summed E-state index contributed by atoms with van der Waals surface area (Å²) in [6, 6.07) is 5.94. The van der Waals surface area contributed by atoms with Crippen molar-refractivity contribution in [1.29, 1.82) is 0 Å². The lowest BCUT2D eigenvalue weighted by Crippen LogP contribution is -2.01. The normalized spacial score (nSPS) is 17.3. The molecule has 0 aliphatic heterocycles. The van der Waals surface area contributed by atoms with Crippen LogP contribution in [0.25, 0.3) is 11.0 Å². The van der Waals surface area contributed by atoms with Crippen molar-refractivity contribution in [3.63, 3.8) is 0 Å². The van der Waals surface area contributed by atoms with Crippen molar-refractivity contribution in [2.75, 3.05) is 0 Å². The first-order chi connectivity index (χ1) is 7.34. The molecule has 1 heterocycles. The molecule has 4 heteroatoms. The predicted molar refractivity (Wildman–Crippen MR) is 55.1 cm³/mol. The number of aromatic amines is 1. The fourth-order valence-electron chi connectivity index (χ4n) is 1.90. The molecule has 0 saturated heterocycles. The molecule has 1 aliphatic rings. The number of benzene rings is 1. The van der Waals surface area contributed by atoms with Gasteiger partial charge in [0.25, 0.3) is 0 Å². The molecule has 0 radical (unpaired) electrons. The van der Waals surface area contributed by atoms with E-state index in [1.54, 1.807) is 12.4 Å². The van der Waals surface area contributed by atoms with E-state index in [4.69, 9.17) is 0 Å². The van der Waals surface area contributed by atoms with Crippen LogP contribution in [-0.2, 0) is 10.3 Å². The number of nitrogens with zero attached hydrogens (tertiary/aromatic N) is 2. The molecule has 1 aliphatic carbocycles. The maximum Gasteiger partial charge on any atom is 0.235 e. The SMILES string of the molecule is O=C=NC1(c2ccc3nc[nH]c3c2)CC1. The second-order valence-electron chi connectivity index (χ2n) is 3.87. The summed E-state index contributed by atoms with van der Waals surface area (Å²) < 4.78 is 0. The number of nitrogens with one attached hydrogen (secondary N) is 1. The second kappa shape index (κ2) is 2.78. The lowest BCUT2D eigenvalue weighted by molar-refractivity contribution is 0.556. The highest BCUT2D eigenvalue weighted by molar-refractivity contribution is 5.75. The van der Waals surface area contributed by atoms with Gasteiger partial charge in [0.15, 0.2) is 0 Å². The number of carbonyl (C=O) groups excluding carboxylic acids is 1. The summed E-state index contributed by atoms with van der Waals surface area (Å²) in [5.74, 6) is 0. The molecule has 0 amide bonds. The topological polar surface area (TPSA) is 58.1 Å². The van der Waals surface area contributed by atoms with Crippen LogP contribution in [0.5, 0.6) is 0 Å². The molecule has 1 N–H and O–H groups in total. The molecule has 0 bridgehead atoms. The highest BCUT2D eigenvalue weighted by Crippen LogP contribution is 2.49. The molecule has 15 heavy (non-hydrogen) atoms. The molecular weight excluding hydrogens is 190 g/mol. The minimum absolute atomic E-state index is 0.291. The molecule has 74 valence electrons. The third-order valence-electron chi connectivity index (χ3n) is 2.94. The number of fused-ring (bicyclic) bond motifs is 1. The third kappa shape index (κ3) is 1.19. The summed E-state index contributed by atoms with van der Waals surface area (Å²) in [6.45, 7) is 0. The Bertz CT molecular complexity index is 562. The number of hydrogen-bond acceptors (Lipinski definition) is 3. The van der Waals surface area contributed by atoms with Crippen LogP contribution in [0.2, 0.25) is 0 Å². The Kier molecular flexibility index (Phi) is 1.55. The molecular formula is C11H9N3O. The molecule has 3 rings (SSSR count). The van der Waals surface area contributed by atoms with E-state index < -0.39 is 0 Å². The Labute approximate surface area is 86.1 Å². The summed E-state index contributed by atoms with van der Waals surface area (Å²) >= 11 is 0. The quantitative estimate of drug-likeness (QED) is 0.593. The maximum atomic E-state index is 10.3. The Hall–Kier alpha value is -1.93. The van der Waals surface area contributed by atoms with Crippen LogP contribution in [0.3, 0.4) is 0 Å². The molecule has 1 fully saturated rings. The molecule has 2 aromatic rings. The average Bonchev–Trinajstić information content (AvgIpc) is 2.89. The Morgan fingerprint density at radius 3 is 3.07 bits per heavy atom. The molecule has 4 nitrogen and oxygen atoms in total. The third-order valence-corrected chi connectivity index (χ3v) is 2.94. The van der Waals surface area contributed by atoms with Gasteiger partial charge >= 0.3 is 0 Å². The van der Waals surface area contributed by atoms with Crippen molar-refractivity contribution in [3.8, 4) is 0 Å². The maximum absolute atomic E-state index is 10.3. The van der Waals surface area contributed by atoms with Gasteiger partial charge in [0, 0.05) is 0 Å². The van der Waals surface area contributed by atoms with Crippen molar-refractivity contribution in [2.45, 2.75) is 18.4 Å². The summed E-state index contributed by atoms with van der Waals surface area (Å²) in [6.07, 6.45) is 5.19. The van der Waals surface area contributed by atoms with Gasteiger partial charge in [0.05, 0.1) is 22.9 Å². The predicted octanol–water partition coefficient (Wildman–Crippen LogP) is 1.89. The number of hydrogen-bond donors (Lipinski definition) is 1. The first-order valence-corrected chi connectivity index (χ1v) is 4.87. The Morgan fingerprint density at radius 1 is 1.47 bits per heavy atom. The van der Waals surface area contributed by atoms with Gasteiger partial charge in [0.2, 0.25) is 6.08 Å². The number of aromatic nitrogens is 2. The standard InChI is InChI=1S/C11H9N3O/c15-7-14-11(3-4-11)8-1-2-9-10(5-8)13-6-12-9/h1-2,5-6H,3-4H2,(H,12,13). The van der Waals surface area contributed by atoms with Gasteiger partial charge in [-0.2, -0.15) is 4.99 Å². The first kappa shape index (κ1) is 8.38. The minimum atomic E-state index is -0.291. The molecule has 0 atom stereocenters. The number of rotatable bonds is 2. The van der Waals surface area contributed by atoms with E-state index in [9.17, 15) is 4.79 Å². The van der Waals surface area contributed by atoms with Gasteiger partial charge in [-0.05, 0) is 30.5 Å². The lowest BCUT2D eigenvalue weighted by Gasteiger charge is -2.07. The van der Waals surface area contributed by atoms with Crippen molar-refractivity contribution in [1.82, 2.24) is 9.97 Å². The van der Waals surface area contributed by atoms with E-state index >= 15 is 0 Å². The number of aliphatic imine (C=N–C) groups is 1. The minimum Gasteiger partial charge on any atom is -0.345 e. The summed E-state index contributed by atoms with van der Waals surface area (Å²) in [5.41, 5.74) is 2.70. The van der Waals surface area contributed by atoms with Crippen molar-refractivity contribution in [3.05, 3.63) is 30.1 Å². The average molecular weight is 199 g/mol. The van der Waals surface area contributed by atoms with E-state index in [0.29, 0.717) is 0 Å². The van der Waals surface area contributed by atoms with Gasteiger partial charge in [-0.3, -0.25) is 0 Å². The van der Waals surface area contributed by atoms with Crippen LogP contribution in [-0.4, -0.2) is 16.0 Å². The van der Waals surface area contributed by atoms with Gasteiger partial charge in [-0.1, -0.05) is 6.07 Å². The van der Waals surface area contributed by atoms with E-state index in [1.165, 1.54) is 0 Å². The molecule has 1 aromatic carbocycles. The van der Waals surface area contributed by atoms with E-state index in [1.807, 2.05) is 18.2 Å². The van der Waals surface area contributed by atoms with E-state index in [0.717, 1.165) is 29.4 Å². The summed E-state index contributed by atoms with van der Waals surface area (Å²) in [4.78, 5) is 21.4. The van der Waals surface area contributed by atoms with Crippen LogP contribution in [0.4, 0.5) is 0 Å². The molecule has 1 aromatic heterocycles. The Morgan fingerprint density at radius 2 is 2.33 bits per heavy atom. The van der Waals surface area contributed by atoms with Gasteiger partial charge < -0.3 is 4.98 Å². The number of H-pyrrole nitrogens is 1. The summed E-state index contributed by atoms with van der Waals surface area (Å²) in [7, 11) is 0. The monoisotopic (exact) mass is 199 g/mol. The van der Waals surface area contributed by atoms with E-state index in [2.05, 4.69) is 15.0 Å². The van der Waals surface area contributed by atoms with Crippen LogP contribution in [0.1, 0.15) is 18.4 Å². The number of imidazole rings is 1. The molecule has 0 unspecified atom stereocenters. The highest BCUT2D eigenvalue weighted by atomic mass is 16.1. The largest absolute Gasteiger partial charge is 0.345 e. The molecule has 0 spiro atoms. The van der Waals surface area contributed by atoms with Gasteiger partial charge in [0.1, 0.15) is 0 Å². The highest BCUT2D eigenvalue weighted by Gasteiger charge is 2.44. The van der Waals surface area contributed by atoms with Crippen LogP contribution < -0.4 is 0 Å². The first-order valence-electron chi connectivity index (χ1n) is 4.87. The van der Waals surface area contributed by atoms with Crippen molar-refractivity contribution >= 4 is 17.1 Å². The van der Waals surface area contributed by atoms with Gasteiger partial charge in [-0.15, -0.1) is 0 Å². The van der Waals surface area contributed by atoms with Crippen molar-refractivity contribution in [2.24, 2.45) is 4.99 Å². The molecule has 1 saturated carbocycles. The lowest BCUT2D eigenvalue weighted by atomic mass is 10.1. The zero-order valence-electron chi connectivity index (χ0n) is 8.03. The fourth-order valence-corrected chi connectivity index (χ4v) is 1.90. The smallest absolute Gasteiger partial charge is 0.235 e. The zero-order valence-corrected chi connectivity index (χ0v) is 8.03. The van der Waals surface area contributed by atoms with Crippen LogP contribution in [0.15, 0.2) is 29.5 Å². The van der Waals surface area contributed by atoms with Gasteiger partial charge in [-0.25, -0.2) is 9.78 Å². The summed E-state index contributed by atoms with van der Waals surface area (Å²) in [5, 5.41) is 0.